The molecule has 0 aliphatic carbocycles. The molecule has 2 nitrogen and oxygen atoms in total. The first-order valence-electron chi connectivity index (χ1n) is 5.27. The lowest BCUT2D eigenvalue weighted by Crippen LogP contribution is -2.13. The second kappa shape index (κ2) is 5.01. The summed E-state index contributed by atoms with van der Waals surface area (Å²) in [6.07, 6.45) is 1.20. The van der Waals surface area contributed by atoms with Gasteiger partial charge in [0.2, 0.25) is 0 Å². The molecular weight excluding hydrogens is 208 g/mol. The lowest BCUT2D eigenvalue weighted by molar-refractivity contribution is 0.0204. The first kappa shape index (κ1) is 11.0. The molecule has 1 unspecified atom stereocenters. The highest BCUT2D eigenvalue weighted by Crippen LogP contribution is 2.34. The first-order valence-corrected chi connectivity index (χ1v) is 6.15. The third-order valence-corrected chi connectivity index (χ3v) is 4.08. The summed E-state index contributed by atoms with van der Waals surface area (Å²) in [5.74, 6) is 0. The zero-order valence-electron chi connectivity index (χ0n) is 8.80. The fraction of sp³-hybridized carbons (Fsp3) is 0.500. The van der Waals surface area contributed by atoms with Gasteiger partial charge in [0.05, 0.1) is 18.8 Å². The maximum atomic E-state index is 9.03. The van der Waals surface area contributed by atoms with Gasteiger partial charge >= 0.3 is 0 Å². The Kier molecular flexibility index (Phi) is 3.67. The topological polar surface area (TPSA) is 29.5 Å². The van der Waals surface area contributed by atoms with E-state index in [1.54, 1.807) is 0 Å². The van der Waals surface area contributed by atoms with Crippen molar-refractivity contribution >= 4 is 11.8 Å². The molecule has 0 spiro atoms. The van der Waals surface area contributed by atoms with Gasteiger partial charge in [-0.1, -0.05) is 18.2 Å². The van der Waals surface area contributed by atoms with Crippen LogP contribution in [0, 0.1) is 0 Å². The molecule has 0 amide bonds. The third-order valence-electron chi connectivity index (χ3n) is 2.66. The lowest BCUT2D eigenvalue weighted by Gasteiger charge is -2.12. The molecule has 3 atom stereocenters. The minimum atomic E-state index is 0.0289. The summed E-state index contributed by atoms with van der Waals surface area (Å²) < 4.78 is 5.62. The fourth-order valence-corrected chi connectivity index (χ4v) is 3.06. The second-order valence-electron chi connectivity index (χ2n) is 3.85. The average Bonchev–Trinajstić information content (AvgIpc) is 2.61. The predicted octanol–water partition coefficient (Wildman–Crippen LogP) is 2.32. The standard InChI is InChI=1S/C12H16O2S/c1-9-12(7-10(8-13)14-9)15-11-5-3-2-4-6-11/h2-6,9-10,12-13H,7-8H2,1H3/t9-,10-,12?/m0/s1. The summed E-state index contributed by atoms with van der Waals surface area (Å²) in [6, 6.07) is 10.3. The first-order chi connectivity index (χ1) is 7.29. The third kappa shape index (κ3) is 2.74. The number of hydrogen-bond donors (Lipinski definition) is 1. The highest BCUT2D eigenvalue weighted by atomic mass is 32.2. The monoisotopic (exact) mass is 224 g/mol. The van der Waals surface area contributed by atoms with Gasteiger partial charge in [0.25, 0.3) is 0 Å². The number of thioether (sulfide) groups is 1. The van der Waals surface area contributed by atoms with E-state index in [1.165, 1.54) is 4.90 Å². The van der Waals surface area contributed by atoms with Gasteiger partial charge in [-0.15, -0.1) is 11.8 Å². The van der Waals surface area contributed by atoms with Gasteiger partial charge in [-0.05, 0) is 25.5 Å². The summed E-state index contributed by atoms with van der Waals surface area (Å²) in [5.41, 5.74) is 0. The second-order valence-corrected chi connectivity index (χ2v) is 5.16. The number of ether oxygens (including phenoxy) is 1. The molecule has 0 bridgehead atoms. The van der Waals surface area contributed by atoms with E-state index in [1.807, 2.05) is 30.0 Å². The van der Waals surface area contributed by atoms with Crippen molar-refractivity contribution in [3.63, 3.8) is 0 Å². The highest BCUT2D eigenvalue weighted by molar-refractivity contribution is 8.00. The van der Waals surface area contributed by atoms with Gasteiger partial charge in [0.1, 0.15) is 0 Å². The zero-order chi connectivity index (χ0) is 10.7. The van der Waals surface area contributed by atoms with Crippen molar-refractivity contribution in [2.75, 3.05) is 6.61 Å². The molecule has 0 radical (unpaired) electrons. The van der Waals surface area contributed by atoms with Crippen molar-refractivity contribution in [3.05, 3.63) is 30.3 Å². The Balaban J connectivity index is 1.96. The van der Waals surface area contributed by atoms with Crippen LogP contribution in [0.5, 0.6) is 0 Å². The van der Waals surface area contributed by atoms with E-state index in [0.29, 0.717) is 5.25 Å². The quantitative estimate of drug-likeness (QED) is 0.854. The van der Waals surface area contributed by atoms with Gasteiger partial charge in [0, 0.05) is 10.1 Å². The van der Waals surface area contributed by atoms with Crippen molar-refractivity contribution in [2.45, 2.75) is 35.7 Å². The largest absolute Gasteiger partial charge is 0.394 e. The molecule has 1 aromatic rings. The van der Waals surface area contributed by atoms with Crippen LogP contribution in [0.15, 0.2) is 35.2 Å². The Morgan fingerprint density at radius 1 is 1.40 bits per heavy atom. The number of benzene rings is 1. The zero-order valence-corrected chi connectivity index (χ0v) is 9.61. The molecule has 0 aromatic heterocycles. The van der Waals surface area contributed by atoms with Crippen LogP contribution in [-0.4, -0.2) is 29.2 Å². The summed E-state index contributed by atoms with van der Waals surface area (Å²) >= 11 is 1.84. The Morgan fingerprint density at radius 2 is 2.13 bits per heavy atom. The van der Waals surface area contributed by atoms with Crippen LogP contribution < -0.4 is 0 Å². The van der Waals surface area contributed by atoms with Crippen LogP contribution in [0.25, 0.3) is 0 Å². The normalized spacial score (nSPS) is 30.7. The molecule has 3 heteroatoms. The number of rotatable bonds is 3. The van der Waals surface area contributed by atoms with Crippen LogP contribution in [0.2, 0.25) is 0 Å². The average molecular weight is 224 g/mol. The van der Waals surface area contributed by atoms with E-state index >= 15 is 0 Å². The van der Waals surface area contributed by atoms with Crippen molar-refractivity contribution < 1.29 is 9.84 Å². The minimum Gasteiger partial charge on any atom is -0.394 e. The molecule has 82 valence electrons. The molecule has 0 saturated carbocycles. The highest BCUT2D eigenvalue weighted by Gasteiger charge is 2.32. The SMILES string of the molecule is C[C@@H]1O[C@H](CO)CC1Sc1ccccc1. The van der Waals surface area contributed by atoms with E-state index < -0.39 is 0 Å². The molecule has 1 heterocycles. The van der Waals surface area contributed by atoms with Gasteiger partial charge in [-0.25, -0.2) is 0 Å². The van der Waals surface area contributed by atoms with Crippen LogP contribution in [-0.2, 0) is 4.74 Å². The Bertz CT molecular complexity index is 302. The van der Waals surface area contributed by atoms with Gasteiger partial charge < -0.3 is 9.84 Å². The molecule has 1 saturated heterocycles. The Hall–Kier alpha value is -0.510. The number of hydrogen-bond acceptors (Lipinski definition) is 3. The van der Waals surface area contributed by atoms with Gasteiger partial charge in [-0.3, -0.25) is 0 Å². The van der Waals surface area contributed by atoms with Gasteiger partial charge in [0.15, 0.2) is 0 Å². The molecule has 1 aromatic carbocycles. The van der Waals surface area contributed by atoms with E-state index in [2.05, 4.69) is 19.1 Å². The van der Waals surface area contributed by atoms with Crippen molar-refractivity contribution in [1.82, 2.24) is 0 Å². The van der Waals surface area contributed by atoms with Gasteiger partial charge in [-0.2, -0.15) is 0 Å². The molecule has 1 aliphatic rings. The van der Waals surface area contributed by atoms with E-state index in [-0.39, 0.29) is 18.8 Å². The maximum Gasteiger partial charge on any atom is 0.0821 e. The van der Waals surface area contributed by atoms with E-state index in [9.17, 15) is 0 Å². The van der Waals surface area contributed by atoms with Crippen LogP contribution in [0.1, 0.15) is 13.3 Å². The number of aliphatic hydroxyl groups is 1. The Morgan fingerprint density at radius 3 is 2.73 bits per heavy atom. The molecular formula is C12H16O2S. The van der Waals surface area contributed by atoms with Crippen LogP contribution >= 0.6 is 11.8 Å². The summed E-state index contributed by atoms with van der Waals surface area (Å²) in [5, 5.41) is 9.50. The molecule has 15 heavy (non-hydrogen) atoms. The van der Waals surface area contributed by atoms with Crippen LogP contribution in [0.4, 0.5) is 0 Å². The van der Waals surface area contributed by atoms with Crippen LogP contribution in [0.3, 0.4) is 0 Å². The Labute approximate surface area is 94.6 Å². The molecule has 1 aliphatic heterocycles. The molecule has 1 N–H and O–H groups in total. The molecule has 2 rings (SSSR count). The molecule has 1 fully saturated rings. The van der Waals surface area contributed by atoms with E-state index in [0.717, 1.165) is 6.42 Å². The minimum absolute atomic E-state index is 0.0289. The van der Waals surface area contributed by atoms with Crippen molar-refractivity contribution in [1.29, 1.82) is 0 Å². The number of aliphatic hydroxyl groups excluding tert-OH is 1. The summed E-state index contributed by atoms with van der Waals surface area (Å²) in [7, 11) is 0. The predicted molar refractivity (Wildman–Crippen MR) is 62.1 cm³/mol. The fourth-order valence-electron chi connectivity index (χ4n) is 1.83. The summed E-state index contributed by atoms with van der Waals surface area (Å²) in [6.45, 7) is 2.21. The lowest BCUT2D eigenvalue weighted by atomic mass is 10.2. The van der Waals surface area contributed by atoms with Crippen molar-refractivity contribution in [3.8, 4) is 0 Å². The van der Waals surface area contributed by atoms with E-state index in [4.69, 9.17) is 9.84 Å². The van der Waals surface area contributed by atoms with Crippen molar-refractivity contribution in [2.24, 2.45) is 0 Å². The summed E-state index contributed by atoms with van der Waals surface area (Å²) in [4.78, 5) is 1.27. The smallest absolute Gasteiger partial charge is 0.0821 e. The maximum absolute atomic E-state index is 9.03.